The minimum absolute atomic E-state index is 0.122. The highest BCUT2D eigenvalue weighted by Crippen LogP contribution is 2.20. The van der Waals surface area contributed by atoms with Gasteiger partial charge in [0.25, 0.3) is 0 Å². The molecule has 21 heavy (non-hydrogen) atoms. The van der Waals surface area contributed by atoms with E-state index in [9.17, 15) is 0 Å². The van der Waals surface area contributed by atoms with E-state index in [-0.39, 0.29) is 5.41 Å². The van der Waals surface area contributed by atoms with Gasteiger partial charge in [0.2, 0.25) is 4.77 Å². The van der Waals surface area contributed by atoms with Crippen LogP contribution in [0, 0.1) is 25.5 Å². The zero-order chi connectivity index (χ0) is 15.8. The fraction of sp³-hybridized carbons (Fsp3) is 0.438. The lowest BCUT2D eigenvalue weighted by Gasteiger charge is -2.16. The molecule has 0 radical (unpaired) electrons. The lowest BCUT2D eigenvalue weighted by Crippen LogP contribution is -2.17. The fourth-order valence-corrected chi connectivity index (χ4v) is 2.31. The van der Waals surface area contributed by atoms with Gasteiger partial charge in [0, 0.05) is 5.41 Å². The number of aromatic amines is 1. The summed E-state index contributed by atoms with van der Waals surface area (Å²) in [6.07, 6.45) is 1.85. The van der Waals surface area contributed by atoms with E-state index in [0.717, 1.165) is 11.4 Å². The van der Waals surface area contributed by atoms with E-state index in [1.807, 2.05) is 6.21 Å². The summed E-state index contributed by atoms with van der Waals surface area (Å²) in [5.74, 6) is 0.824. The van der Waals surface area contributed by atoms with Crippen LogP contribution < -0.4 is 0 Å². The van der Waals surface area contributed by atoms with Crippen LogP contribution in [0.1, 0.15) is 48.8 Å². The average Bonchev–Trinajstić information content (AvgIpc) is 2.73. The number of nitrogens with zero attached hydrogens (tertiary/aromatic N) is 3. The van der Waals surface area contributed by atoms with Crippen molar-refractivity contribution in [2.75, 3.05) is 0 Å². The molecule has 4 nitrogen and oxygen atoms in total. The van der Waals surface area contributed by atoms with E-state index in [2.05, 4.69) is 69.0 Å². The van der Waals surface area contributed by atoms with Crippen molar-refractivity contribution in [3.05, 3.63) is 45.0 Å². The summed E-state index contributed by atoms with van der Waals surface area (Å²) < 4.78 is 2.21. The molecule has 0 amide bonds. The first-order valence-electron chi connectivity index (χ1n) is 7.00. The monoisotopic (exact) mass is 302 g/mol. The van der Waals surface area contributed by atoms with Crippen LogP contribution >= 0.6 is 12.2 Å². The normalized spacial score (nSPS) is 12.3. The van der Waals surface area contributed by atoms with E-state index >= 15 is 0 Å². The van der Waals surface area contributed by atoms with E-state index in [0.29, 0.717) is 4.77 Å². The third kappa shape index (κ3) is 3.29. The Morgan fingerprint density at radius 3 is 2.38 bits per heavy atom. The maximum atomic E-state index is 5.27. The van der Waals surface area contributed by atoms with Crippen molar-refractivity contribution in [1.29, 1.82) is 0 Å². The van der Waals surface area contributed by atoms with Crippen molar-refractivity contribution in [3.63, 3.8) is 0 Å². The van der Waals surface area contributed by atoms with Gasteiger partial charge in [-0.2, -0.15) is 14.9 Å². The van der Waals surface area contributed by atoms with Gasteiger partial charge >= 0.3 is 0 Å². The van der Waals surface area contributed by atoms with Crippen LogP contribution in [-0.4, -0.2) is 21.1 Å². The van der Waals surface area contributed by atoms with Crippen molar-refractivity contribution in [2.24, 2.45) is 5.10 Å². The quantitative estimate of drug-likeness (QED) is 0.672. The van der Waals surface area contributed by atoms with E-state index in [1.54, 1.807) is 4.68 Å². The molecule has 5 heteroatoms. The van der Waals surface area contributed by atoms with Crippen LogP contribution in [0.15, 0.2) is 17.2 Å². The van der Waals surface area contributed by atoms with Crippen molar-refractivity contribution >= 4 is 18.4 Å². The van der Waals surface area contributed by atoms with Crippen molar-refractivity contribution in [2.45, 2.75) is 47.0 Å². The molecule has 0 aliphatic rings. The van der Waals surface area contributed by atoms with Gasteiger partial charge in [0.1, 0.15) is 0 Å². The molecule has 0 aliphatic carbocycles. The number of hydrogen-bond acceptors (Lipinski definition) is 3. The third-order valence-corrected chi connectivity index (χ3v) is 3.78. The summed E-state index contributed by atoms with van der Waals surface area (Å²) >= 11 is 5.27. The second-order valence-electron chi connectivity index (χ2n) is 6.45. The van der Waals surface area contributed by atoms with E-state index in [1.165, 1.54) is 16.7 Å². The smallest absolute Gasteiger partial charge is 0.216 e. The van der Waals surface area contributed by atoms with Gasteiger partial charge in [0.05, 0.1) is 6.21 Å². The SMILES string of the molecule is Cc1cc(C)c(/C=N\n2c(C(C)(C)C)n[nH]c2=S)cc1C. The second-order valence-corrected chi connectivity index (χ2v) is 6.84. The molecular weight excluding hydrogens is 280 g/mol. The minimum Gasteiger partial charge on any atom is -0.250 e. The number of aromatic nitrogens is 3. The van der Waals surface area contributed by atoms with Crippen LogP contribution in [0.4, 0.5) is 0 Å². The topological polar surface area (TPSA) is 46.0 Å². The maximum Gasteiger partial charge on any atom is 0.216 e. The maximum absolute atomic E-state index is 5.27. The highest BCUT2D eigenvalue weighted by molar-refractivity contribution is 7.71. The highest BCUT2D eigenvalue weighted by Gasteiger charge is 2.21. The molecule has 0 spiro atoms. The number of H-pyrrole nitrogens is 1. The highest BCUT2D eigenvalue weighted by atomic mass is 32.1. The summed E-state index contributed by atoms with van der Waals surface area (Å²) in [5, 5.41) is 11.6. The standard InChI is InChI=1S/C16H22N4S/c1-10-7-12(3)13(8-11(10)2)9-17-20-14(16(4,5)6)18-19-15(20)21/h7-9H,1-6H3,(H,19,21)/b17-9-. The van der Waals surface area contributed by atoms with Gasteiger partial charge in [-0.15, -0.1) is 0 Å². The molecule has 2 aromatic rings. The lowest BCUT2D eigenvalue weighted by molar-refractivity contribution is 0.516. The minimum atomic E-state index is -0.122. The molecule has 1 aromatic heterocycles. The number of aryl methyl sites for hydroxylation is 3. The molecule has 0 aliphatic heterocycles. The Bertz CT molecular complexity index is 745. The Hall–Kier alpha value is -1.75. The molecule has 1 N–H and O–H groups in total. The van der Waals surface area contributed by atoms with Crippen LogP contribution in [0.2, 0.25) is 0 Å². The van der Waals surface area contributed by atoms with Crippen LogP contribution in [0.5, 0.6) is 0 Å². The Morgan fingerprint density at radius 1 is 1.14 bits per heavy atom. The number of nitrogens with one attached hydrogen (secondary N) is 1. The van der Waals surface area contributed by atoms with Gasteiger partial charge in [-0.3, -0.25) is 5.10 Å². The third-order valence-electron chi connectivity index (χ3n) is 3.52. The second kappa shape index (κ2) is 5.56. The van der Waals surface area contributed by atoms with E-state index < -0.39 is 0 Å². The average molecular weight is 302 g/mol. The number of benzene rings is 1. The van der Waals surface area contributed by atoms with E-state index in [4.69, 9.17) is 12.2 Å². The van der Waals surface area contributed by atoms with Gasteiger partial charge in [-0.05, 0) is 61.3 Å². The van der Waals surface area contributed by atoms with Gasteiger partial charge in [0.15, 0.2) is 5.82 Å². The van der Waals surface area contributed by atoms with Crippen molar-refractivity contribution < 1.29 is 0 Å². The first kappa shape index (κ1) is 15.6. The van der Waals surface area contributed by atoms with Crippen molar-refractivity contribution in [1.82, 2.24) is 14.9 Å². The summed E-state index contributed by atoms with van der Waals surface area (Å²) in [6, 6.07) is 4.32. The molecule has 0 fully saturated rings. The Morgan fingerprint density at radius 2 is 1.76 bits per heavy atom. The molecular formula is C16H22N4S. The first-order chi connectivity index (χ1) is 9.70. The van der Waals surface area contributed by atoms with Crippen LogP contribution in [0.3, 0.4) is 0 Å². The molecule has 0 bridgehead atoms. The Kier molecular flexibility index (Phi) is 4.14. The summed E-state index contributed by atoms with van der Waals surface area (Å²) in [6.45, 7) is 12.6. The molecule has 112 valence electrons. The Balaban J connectivity index is 2.46. The Labute approximate surface area is 130 Å². The van der Waals surface area contributed by atoms with Crippen LogP contribution in [-0.2, 0) is 5.41 Å². The molecule has 1 aromatic carbocycles. The molecule has 2 rings (SSSR count). The summed E-state index contributed by atoms with van der Waals surface area (Å²) in [5.41, 5.74) is 4.73. The summed E-state index contributed by atoms with van der Waals surface area (Å²) in [7, 11) is 0. The first-order valence-corrected chi connectivity index (χ1v) is 7.41. The zero-order valence-electron chi connectivity index (χ0n) is 13.5. The lowest BCUT2D eigenvalue weighted by atomic mass is 9.96. The van der Waals surface area contributed by atoms with Crippen molar-refractivity contribution in [3.8, 4) is 0 Å². The number of hydrogen-bond donors (Lipinski definition) is 1. The van der Waals surface area contributed by atoms with Gasteiger partial charge < -0.3 is 0 Å². The molecule has 0 unspecified atom stereocenters. The predicted octanol–water partition coefficient (Wildman–Crippen LogP) is 4.05. The molecule has 1 heterocycles. The van der Waals surface area contributed by atoms with Crippen LogP contribution in [0.25, 0.3) is 0 Å². The molecule has 0 saturated heterocycles. The fourth-order valence-electron chi connectivity index (χ4n) is 2.13. The zero-order valence-corrected chi connectivity index (χ0v) is 14.3. The molecule has 0 saturated carbocycles. The largest absolute Gasteiger partial charge is 0.250 e. The number of rotatable bonds is 2. The molecule has 0 atom stereocenters. The van der Waals surface area contributed by atoms with Gasteiger partial charge in [-0.25, -0.2) is 0 Å². The van der Waals surface area contributed by atoms with Gasteiger partial charge in [-0.1, -0.05) is 26.8 Å². The predicted molar refractivity (Wildman–Crippen MR) is 89.8 cm³/mol. The summed E-state index contributed by atoms with van der Waals surface area (Å²) in [4.78, 5) is 0.